The van der Waals surface area contributed by atoms with Crippen molar-refractivity contribution in [2.45, 2.75) is 65.5 Å². The summed E-state index contributed by atoms with van der Waals surface area (Å²) in [5, 5.41) is 8.90. The van der Waals surface area contributed by atoms with E-state index >= 15 is 0 Å². The zero-order valence-corrected chi connectivity index (χ0v) is 22.0. The van der Waals surface area contributed by atoms with Crippen LogP contribution in [0.3, 0.4) is 0 Å². The first kappa shape index (κ1) is 23.4. The lowest BCUT2D eigenvalue weighted by molar-refractivity contribution is 0.141. The SMILES string of the molecule is CC1CCCN1c1cncc(-c2cn(Cc3ccc4c(c3)CC(CN3CCC(C)(C)CC3)=C4)nn2)c1. The van der Waals surface area contributed by atoms with E-state index in [9.17, 15) is 0 Å². The largest absolute Gasteiger partial charge is 0.368 e. The van der Waals surface area contributed by atoms with E-state index in [1.165, 1.54) is 61.2 Å². The second kappa shape index (κ2) is 9.47. The van der Waals surface area contributed by atoms with Gasteiger partial charge >= 0.3 is 0 Å². The molecule has 3 aromatic rings. The normalized spacial score (nSPS) is 21.6. The van der Waals surface area contributed by atoms with E-state index in [-0.39, 0.29) is 0 Å². The van der Waals surface area contributed by atoms with E-state index in [0.717, 1.165) is 37.3 Å². The molecule has 1 atom stereocenters. The summed E-state index contributed by atoms with van der Waals surface area (Å²) < 4.78 is 1.95. The zero-order valence-electron chi connectivity index (χ0n) is 22.0. The first-order valence-corrected chi connectivity index (χ1v) is 13.6. The maximum absolute atomic E-state index is 4.50. The number of anilines is 1. The van der Waals surface area contributed by atoms with Crippen LogP contribution in [0.4, 0.5) is 5.69 Å². The molecule has 6 rings (SSSR count). The number of nitrogens with zero attached hydrogens (tertiary/aromatic N) is 6. The second-order valence-electron chi connectivity index (χ2n) is 11.9. The molecule has 3 aliphatic rings. The van der Waals surface area contributed by atoms with Crippen molar-refractivity contribution >= 4 is 11.8 Å². The maximum atomic E-state index is 4.50. The van der Waals surface area contributed by atoms with E-state index in [1.807, 2.05) is 23.3 Å². The van der Waals surface area contributed by atoms with Crippen LogP contribution in [-0.2, 0) is 13.0 Å². The van der Waals surface area contributed by atoms with Crippen LogP contribution in [0.5, 0.6) is 0 Å². The first-order chi connectivity index (χ1) is 17.4. The molecule has 0 amide bonds. The third kappa shape index (κ3) is 4.96. The average Bonchev–Trinajstić information content (AvgIpc) is 3.60. The van der Waals surface area contributed by atoms with Gasteiger partial charge in [-0.1, -0.05) is 48.9 Å². The summed E-state index contributed by atoms with van der Waals surface area (Å²) in [5.41, 5.74) is 9.24. The Bertz CT molecular complexity index is 1260. The molecule has 0 radical (unpaired) electrons. The van der Waals surface area contributed by atoms with Crippen LogP contribution in [-0.4, -0.2) is 57.1 Å². The van der Waals surface area contributed by atoms with Crippen LogP contribution < -0.4 is 4.90 Å². The van der Waals surface area contributed by atoms with Gasteiger partial charge in [0.25, 0.3) is 0 Å². The van der Waals surface area contributed by atoms with Crippen molar-refractivity contribution in [2.75, 3.05) is 31.1 Å². The summed E-state index contributed by atoms with van der Waals surface area (Å²) in [6, 6.07) is 9.64. The molecule has 1 aromatic carbocycles. The highest BCUT2D eigenvalue weighted by Crippen LogP contribution is 2.32. The minimum absolute atomic E-state index is 0.505. The van der Waals surface area contributed by atoms with Gasteiger partial charge in [0, 0.05) is 30.9 Å². The van der Waals surface area contributed by atoms with Gasteiger partial charge in [0.05, 0.1) is 24.6 Å². The summed E-state index contributed by atoms with van der Waals surface area (Å²) in [6.07, 6.45) is 14.5. The molecule has 0 bridgehead atoms. The quantitative estimate of drug-likeness (QED) is 0.468. The van der Waals surface area contributed by atoms with Gasteiger partial charge in [0.2, 0.25) is 0 Å². The standard InChI is InChI=1S/C30H38N6/c1-22-5-4-10-36(22)28-16-27(17-31-18-28)29-21-35(33-32-29)20-23-6-7-25-14-24(15-26(25)13-23)19-34-11-8-30(2,3)9-12-34/h6-7,13-14,16-18,21-22H,4-5,8-12,15,19-20H2,1-3H3. The Balaban J connectivity index is 1.09. The molecule has 0 spiro atoms. The van der Waals surface area contributed by atoms with Crippen molar-refractivity contribution in [2.24, 2.45) is 5.41 Å². The lowest BCUT2D eigenvalue weighted by Crippen LogP contribution is -2.38. The summed E-state index contributed by atoms with van der Waals surface area (Å²) in [5.74, 6) is 0. The molecule has 2 aromatic heterocycles. The number of fused-ring (bicyclic) bond motifs is 1. The number of benzene rings is 1. The molecule has 0 saturated carbocycles. The number of hydrogen-bond acceptors (Lipinski definition) is 5. The Labute approximate surface area is 215 Å². The average molecular weight is 483 g/mol. The van der Waals surface area contributed by atoms with Crippen molar-refractivity contribution in [1.82, 2.24) is 24.9 Å². The number of pyridine rings is 1. The van der Waals surface area contributed by atoms with Crippen molar-refractivity contribution in [3.05, 3.63) is 65.1 Å². The lowest BCUT2D eigenvalue weighted by atomic mass is 9.82. The predicted octanol–water partition coefficient (Wildman–Crippen LogP) is 5.44. The van der Waals surface area contributed by atoms with Crippen molar-refractivity contribution in [1.29, 1.82) is 0 Å². The number of hydrogen-bond donors (Lipinski definition) is 0. The van der Waals surface area contributed by atoms with Gasteiger partial charge in [-0.15, -0.1) is 5.10 Å². The van der Waals surface area contributed by atoms with Crippen molar-refractivity contribution < 1.29 is 0 Å². The first-order valence-electron chi connectivity index (χ1n) is 13.6. The van der Waals surface area contributed by atoms with E-state index in [4.69, 9.17) is 0 Å². The van der Waals surface area contributed by atoms with E-state index in [0.29, 0.717) is 11.5 Å². The molecule has 2 fully saturated rings. The number of piperidine rings is 1. The minimum atomic E-state index is 0.505. The zero-order chi connectivity index (χ0) is 24.7. The monoisotopic (exact) mass is 482 g/mol. The Morgan fingerprint density at radius 3 is 2.69 bits per heavy atom. The molecule has 6 heteroatoms. The molecule has 0 N–H and O–H groups in total. The predicted molar refractivity (Wildman–Crippen MR) is 146 cm³/mol. The Hall–Kier alpha value is -2.99. The van der Waals surface area contributed by atoms with E-state index in [2.05, 4.69) is 76.2 Å². The van der Waals surface area contributed by atoms with Gasteiger partial charge in [-0.25, -0.2) is 4.68 Å². The highest BCUT2D eigenvalue weighted by Gasteiger charge is 2.26. The molecule has 1 aliphatic carbocycles. The molecular weight excluding hydrogens is 444 g/mol. The van der Waals surface area contributed by atoms with E-state index in [1.54, 1.807) is 5.57 Å². The molecule has 4 heterocycles. The van der Waals surface area contributed by atoms with Gasteiger partial charge in [0.1, 0.15) is 5.69 Å². The fourth-order valence-corrected chi connectivity index (χ4v) is 6.01. The van der Waals surface area contributed by atoms with Gasteiger partial charge in [0.15, 0.2) is 0 Å². The van der Waals surface area contributed by atoms with Crippen LogP contribution in [0.25, 0.3) is 17.3 Å². The fourth-order valence-electron chi connectivity index (χ4n) is 6.01. The highest BCUT2D eigenvalue weighted by atomic mass is 15.4. The van der Waals surface area contributed by atoms with Crippen LogP contribution >= 0.6 is 0 Å². The lowest BCUT2D eigenvalue weighted by Gasteiger charge is -2.37. The molecule has 36 heavy (non-hydrogen) atoms. The molecule has 2 aliphatic heterocycles. The van der Waals surface area contributed by atoms with Crippen molar-refractivity contribution in [3.8, 4) is 11.3 Å². The molecule has 188 valence electrons. The van der Waals surface area contributed by atoms with Gasteiger partial charge < -0.3 is 4.90 Å². The maximum Gasteiger partial charge on any atom is 0.114 e. The third-order valence-electron chi connectivity index (χ3n) is 8.41. The third-order valence-corrected chi connectivity index (χ3v) is 8.41. The van der Waals surface area contributed by atoms with Crippen molar-refractivity contribution in [3.63, 3.8) is 0 Å². The Morgan fingerprint density at radius 1 is 1.03 bits per heavy atom. The van der Waals surface area contributed by atoms with Gasteiger partial charge in [-0.2, -0.15) is 0 Å². The second-order valence-corrected chi connectivity index (χ2v) is 11.9. The Morgan fingerprint density at radius 2 is 1.89 bits per heavy atom. The summed E-state index contributed by atoms with van der Waals surface area (Å²) in [4.78, 5) is 9.58. The summed E-state index contributed by atoms with van der Waals surface area (Å²) in [6.45, 7) is 12.5. The summed E-state index contributed by atoms with van der Waals surface area (Å²) in [7, 11) is 0. The number of rotatable bonds is 6. The van der Waals surface area contributed by atoms with Crippen LogP contribution in [0.2, 0.25) is 0 Å². The summed E-state index contributed by atoms with van der Waals surface area (Å²) >= 11 is 0. The molecule has 2 saturated heterocycles. The van der Waals surface area contributed by atoms with Crippen LogP contribution in [0.15, 0.2) is 48.4 Å². The minimum Gasteiger partial charge on any atom is -0.368 e. The number of aromatic nitrogens is 4. The molecular formula is C30H38N6. The topological polar surface area (TPSA) is 50.1 Å². The smallest absolute Gasteiger partial charge is 0.114 e. The van der Waals surface area contributed by atoms with Gasteiger partial charge in [-0.05, 0) is 80.3 Å². The van der Waals surface area contributed by atoms with Crippen LogP contribution in [0.1, 0.15) is 63.1 Å². The molecule has 1 unspecified atom stereocenters. The van der Waals surface area contributed by atoms with E-state index < -0.39 is 0 Å². The molecule has 6 nitrogen and oxygen atoms in total. The van der Waals surface area contributed by atoms with Crippen LogP contribution in [0, 0.1) is 5.41 Å². The fraction of sp³-hybridized carbons (Fsp3) is 0.500. The highest BCUT2D eigenvalue weighted by molar-refractivity contribution is 5.65. The Kier molecular flexibility index (Phi) is 6.16. The number of likely N-dealkylation sites (tertiary alicyclic amines) is 1. The van der Waals surface area contributed by atoms with Gasteiger partial charge in [-0.3, -0.25) is 9.88 Å².